The SMILES string of the molecule is CCOCCNC(=O)c1cc(S(N)(=O)=O)cc(Br)c1Cl. The maximum absolute atomic E-state index is 12.0. The van der Waals surface area contributed by atoms with E-state index in [9.17, 15) is 13.2 Å². The Morgan fingerprint density at radius 1 is 1.50 bits per heavy atom. The number of amides is 1. The molecule has 0 saturated carbocycles. The van der Waals surface area contributed by atoms with Crippen LogP contribution in [0.15, 0.2) is 21.5 Å². The number of hydrogen-bond acceptors (Lipinski definition) is 4. The highest BCUT2D eigenvalue weighted by molar-refractivity contribution is 9.10. The van der Waals surface area contributed by atoms with Crippen LogP contribution < -0.4 is 10.5 Å². The largest absolute Gasteiger partial charge is 0.380 e. The van der Waals surface area contributed by atoms with E-state index >= 15 is 0 Å². The van der Waals surface area contributed by atoms with Gasteiger partial charge in [-0.2, -0.15) is 0 Å². The van der Waals surface area contributed by atoms with Gasteiger partial charge >= 0.3 is 0 Å². The lowest BCUT2D eigenvalue weighted by molar-refractivity contribution is 0.0922. The van der Waals surface area contributed by atoms with E-state index in [1.807, 2.05) is 6.92 Å². The molecule has 0 spiro atoms. The Balaban J connectivity index is 2.99. The molecular weight excluding hydrogens is 372 g/mol. The second-order valence-electron chi connectivity index (χ2n) is 3.76. The first-order valence-corrected chi connectivity index (χ1v) is 8.37. The second kappa shape index (κ2) is 7.37. The highest BCUT2D eigenvalue weighted by Gasteiger charge is 2.18. The minimum Gasteiger partial charge on any atom is -0.380 e. The number of sulfonamides is 1. The molecule has 1 aromatic carbocycles. The highest BCUT2D eigenvalue weighted by atomic mass is 79.9. The van der Waals surface area contributed by atoms with Crippen molar-refractivity contribution in [2.75, 3.05) is 19.8 Å². The van der Waals surface area contributed by atoms with E-state index in [1.54, 1.807) is 0 Å². The van der Waals surface area contributed by atoms with Gasteiger partial charge in [0.05, 0.1) is 22.1 Å². The van der Waals surface area contributed by atoms with Crippen LogP contribution >= 0.6 is 27.5 Å². The number of rotatable bonds is 6. The molecule has 0 aromatic heterocycles. The molecule has 0 aliphatic rings. The normalized spacial score (nSPS) is 11.4. The van der Waals surface area contributed by atoms with Gasteiger partial charge in [-0.25, -0.2) is 13.6 Å². The molecule has 0 heterocycles. The Kier molecular flexibility index (Phi) is 6.41. The van der Waals surface area contributed by atoms with Crippen LogP contribution in [0.3, 0.4) is 0 Å². The molecule has 0 unspecified atom stereocenters. The third kappa shape index (κ3) is 4.71. The summed E-state index contributed by atoms with van der Waals surface area (Å²) in [4.78, 5) is 11.8. The number of primary sulfonamides is 1. The third-order valence-electron chi connectivity index (χ3n) is 2.31. The van der Waals surface area contributed by atoms with Crippen molar-refractivity contribution in [3.63, 3.8) is 0 Å². The van der Waals surface area contributed by atoms with E-state index in [0.717, 1.165) is 6.07 Å². The van der Waals surface area contributed by atoms with Crippen LogP contribution in [0.25, 0.3) is 0 Å². The standard InChI is InChI=1S/C11H14BrClN2O4S/c1-2-19-4-3-15-11(16)8-5-7(20(14,17)18)6-9(12)10(8)13/h5-6H,2-4H2,1H3,(H,15,16)(H2,14,17,18). The molecule has 0 aliphatic carbocycles. The molecule has 9 heteroatoms. The number of ether oxygens (including phenoxy) is 1. The van der Waals surface area contributed by atoms with Gasteiger partial charge in [0.15, 0.2) is 0 Å². The van der Waals surface area contributed by atoms with E-state index in [4.69, 9.17) is 21.5 Å². The predicted octanol–water partition coefficient (Wildman–Crippen LogP) is 1.52. The van der Waals surface area contributed by atoms with E-state index in [1.165, 1.54) is 6.07 Å². The Bertz CT molecular complexity index is 607. The summed E-state index contributed by atoms with van der Waals surface area (Å²) in [7, 11) is -3.92. The quantitative estimate of drug-likeness (QED) is 0.725. The number of benzene rings is 1. The van der Waals surface area contributed by atoms with Crippen LogP contribution in [0, 0.1) is 0 Å². The van der Waals surface area contributed by atoms with Crippen LogP contribution in [-0.4, -0.2) is 34.1 Å². The number of halogens is 2. The molecule has 0 aliphatic heterocycles. The molecule has 0 fully saturated rings. The summed E-state index contributed by atoms with van der Waals surface area (Å²) >= 11 is 9.07. The van der Waals surface area contributed by atoms with Crippen molar-refractivity contribution in [3.8, 4) is 0 Å². The van der Waals surface area contributed by atoms with Crippen LogP contribution in [0.2, 0.25) is 5.02 Å². The van der Waals surface area contributed by atoms with Crippen molar-refractivity contribution in [2.45, 2.75) is 11.8 Å². The first-order valence-electron chi connectivity index (χ1n) is 5.65. The first-order chi connectivity index (χ1) is 9.27. The lowest BCUT2D eigenvalue weighted by Crippen LogP contribution is -2.28. The molecule has 0 bridgehead atoms. The molecule has 0 saturated heterocycles. The van der Waals surface area contributed by atoms with Crippen molar-refractivity contribution in [3.05, 3.63) is 27.2 Å². The van der Waals surface area contributed by atoms with Crippen LogP contribution in [0.4, 0.5) is 0 Å². The minimum atomic E-state index is -3.92. The molecule has 6 nitrogen and oxygen atoms in total. The Morgan fingerprint density at radius 3 is 2.70 bits per heavy atom. The van der Waals surface area contributed by atoms with Gasteiger partial charge < -0.3 is 10.1 Å². The average molecular weight is 386 g/mol. The summed E-state index contributed by atoms with van der Waals surface area (Å²) in [6, 6.07) is 2.38. The van der Waals surface area contributed by atoms with Crippen molar-refractivity contribution >= 4 is 43.5 Å². The van der Waals surface area contributed by atoms with Gasteiger partial charge in [0.25, 0.3) is 5.91 Å². The van der Waals surface area contributed by atoms with Gasteiger partial charge in [-0.1, -0.05) is 11.6 Å². The third-order valence-corrected chi connectivity index (χ3v) is 4.46. The number of nitrogens with one attached hydrogen (secondary N) is 1. The van der Waals surface area contributed by atoms with Crippen LogP contribution in [0.1, 0.15) is 17.3 Å². The van der Waals surface area contributed by atoms with Gasteiger partial charge in [-0.3, -0.25) is 4.79 Å². The molecule has 112 valence electrons. The zero-order valence-electron chi connectivity index (χ0n) is 10.7. The molecule has 1 aromatic rings. The fourth-order valence-corrected chi connectivity index (χ4v) is 2.74. The van der Waals surface area contributed by atoms with E-state index < -0.39 is 15.9 Å². The molecule has 20 heavy (non-hydrogen) atoms. The van der Waals surface area contributed by atoms with E-state index in [0.29, 0.717) is 19.8 Å². The molecule has 1 amide bonds. The van der Waals surface area contributed by atoms with Gasteiger partial charge in [-0.15, -0.1) is 0 Å². The molecule has 0 atom stereocenters. The number of carbonyl (C=O) groups is 1. The van der Waals surface area contributed by atoms with Crippen molar-refractivity contribution in [1.29, 1.82) is 0 Å². The summed E-state index contributed by atoms with van der Waals surface area (Å²) in [6.07, 6.45) is 0. The molecule has 0 radical (unpaired) electrons. The van der Waals surface area contributed by atoms with Crippen LogP contribution in [0.5, 0.6) is 0 Å². The van der Waals surface area contributed by atoms with Gasteiger partial charge in [-0.05, 0) is 35.0 Å². The zero-order chi connectivity index (χ0) is 15.3. The lowest BCUT2D eigenvalue weighted by atomic mass is 10.2. The topological polar surface area (TPSA) is 98.5 Å². The van der Waals surface area contributed by atoms with Crippen molar-refractivity contribution < 1.29 is 17.9 Å². The van der Waals surface area contributed by atoms with E-state index in [2.05, 4.69) is 21.2 Å². The maximum atomic E-state index is 12.0. The summed E-state index contributed by atoms with van der Waals surface area (Å²) in [6.45, 7) is 3.03. The summed E-state index contributed by atoms with van der Waals surface area (Å²) in [5, 5.41) is 7.73. The van der Waals surface area contributed by atoms with Crippen molar-refractivity contribution in [1.82, 2.24) is 5.32 Å². The van der Waals surface area contributed by atoms with Crippen molar-refractivity contribution in [2.24, 2.45) is 5.14 Å². The number of carbonyl (C=O) groups excluding carboxylic acids is 1. The lowest BCUT2D eigenvalue weighted by Gasteiger charge is -2.10. The average Bonchev–Trinajstić information content (AvgIpc) is 2.36. The molecular formula is C11H14BrClN2O4S. The zero-order valence-corrected chi connectivity index (χ0v) is 13.8. The summed E-state index contributed by atoms with van der Waals surface area (Å²) in [5.74, 6) is -0.499. The summed E-state index contributed by atoms with van der Waals surface area (Å²) in [5.41, 5.74) is 0.0292. The number of hydrogen-bond donors (Lipinski definition) is 2. The Labute approximate surface area is 130 Å². The smallest absolute Gasteiger partial charge is 0.252 e. The minimum absolute atomic E-state index is 0.0292. The second-order valence-corrected chi connectivity index (χ2v) is 6.56. The monoisotopic (exact) mass is 384 g/mol. The van der Waals surface area contributed by atoms with E-state index in [-0.39, 0.29) is 20.0 Å². The maximum Gasteiger partial charge on any atom is 0.252 e. The number of nitrogens with two attached hydrogens (primary N) is 1. The first kappa shape index (κ1) is 17.4. The van der Waals surface area contributed by atoms with Gasteiger partial charge in [0, 0.05) is 17.6 Å². The Morgan fingerprint density at radius 2 is 2.15 bits per heavy atom. The molecule has 1 rings (SSSR count). The Hall–Kier alpha value is -0.670. The fraction of sp³-hybridized carbons (Fsp3) is 0.364. The summed E-state index contributed by atoms with van der Waals surface area (Å²) < 4.78 is 28.0. The van der Waals surface area contributed by atoms with Gasteiger partial charge in [0.2, 0.25) is 10.0 Å². The van der Waals surface area contributed by atoms with Gasteiger partial charge in [0.1, 0.15) is 0 Å². The highest BCUT2D eigenvalue weighted by Crippen LogP contribution is 2.29. The predicted molar refractivity (Wildman–Crippen MR) is 79.4 cm³/mol. The molecule has 3 N–H and O–H groups in total. The fourth-order valence-electron chi connectivity index (χ4n) is 1.37. The van der Waals surface area contributed by atoms with Crippen LogP contribution in [-0.2, 0) is 14.8 Å².